The van der Waals surface area contributed by atoms with Gasteiger partial charge in [0.15, 0.2) is 0 Å². The molecular weight excluding hydrogens is 318 g/mol. The minimum atomic E-state index is -3.13. The van der Waals surface area contributed by atoms with Crippen molar-refractivity contribution in [3.05, 3.63) is 34.7 Å². The Bertz CT molecular complexity index is 864. The number of para-hydroxylation sites is 2. The molecule has 7 nitrogen and oxygen atoms in total. The zero-order valence-electron chi connectivity index (χ0n) is 13.3. The predicted octanol–water partition coefficient (Wildman–Crippen LogP) is 0.374. The molecule has 1 aromatic carbocycles. The second-order valence-corrected chi connectivity index (χ2v) is 7.75. The second-order valence-electron chi connectivity index (χ2n) is 5.49. The van der Waals surface area contributed by atoms with E-state index in [0.717, 1.165) is 18.2 Å². The highest BCUT2D eigenvalue weighted by Gasteiger charge is 2.14. The molecule has 2 aromatic rings. The van der Waals surface area contributed by atoms with Gasteiger partial charge in [0.05, 0.1) is 16.8 Å². The van der Waals surface area contributed by atoms with Gasteiger partial charge in [-0.05, 0) is 18.6 Å². The van der Waals surface area contributed by atoms with Crippen LogP contribution in [0.1, 0.15) is 13.3 Å². The van der Waals surface area contributed by atoms with E-state index in [2.05, 4.69) is 5.32 Å². The highest BCUT2D eigenvalue weighted by atomic mass is 32.2. The third kappa shape index (κ3) is 4.22. The van der Waals surface area contributed by atoms with Gasteiger partial charge in [-0.2, -0.15) is 0 Å². The summed E-state index contributed by atoms with van der Waals surface area (Å²) in [6, 6.07) is 7.32. The van der Waals surface area contributed by atoms with Crippen LogP contribution >= 0.6 is 0 Å². The van der Waals surface area contributed by atoms with Crippen molar-refractivity contribution in [1.82, 2.24) is 14.5 Å². The van der Waals surface area contributed by atoms with Gasteiger partial charge in [0.25, 0.3) is 0 Å². The fourth-order valence-electron chi connectivity index (χ4n) is 2.44. The van der Waals surface area contributed by atoms with Crippen LogP contribution in [-0.4, -0.2) is 42.0 Å². The number of sulfone groups is 1. The molecule has 0 unspecified atom stereocenters. The van der Waals surface area contributed by atoms with Gasteiger partial charge < -0.3 is 5.32 Å². The smallest absolute Gasteiger partial charge is 0.329 e. The predicted molar refractivity (Wildman–Crippen MR) is 89.2 cm³/mol. The first kappa shape index (κ1) is 17.3. The number of benzene rings is 1. The van der Waals surface area contributed by atoms with Crippen molar-refractivity contribution in [2.24, 2.45) is 0 Å². The molecule has 1 heterocycles. The molecule has 0 aliphatic heterocycles. The summed E-state index contributed by atoms with van der Waals surface area (Å²) in [5, 5.41) is 2.53. The number of carbonyl (C=O) groups excluding carboxylic acids is 1. The molecule has 0 aliphatic rings. The minimum absolute atomic E-state index is 0.0417. The van der Waals surface area contributed by atoms with Gasteiger partial charge in [-0.15, -0.1) is 0 Å². The first-order chi connectivity index (χ1) is 10.8. The van der Waals surface area contributed by atoms with Crippen molar-refractivity contribution in [3.8, 4) is 0 Å². The number of carbonyl (C=O) groups is 1. The summed E-state index contributed by atoms with van der Waals surface area (Å²) in [5.74, 6) is -0.499. The zero-order valence-corrected chi connectivity index (χ0v) is 14.1. The van der Waals surface area contributed by atoms with Gasteiger partial charge >= 0.3 is 5.69 Å². The Hall–Kier alpha value is -2.09. The van der Waals surface area contributed by atoms with E-state index in [9.17, 15) is 18.0 Å². The Morgan fingerprint density at radius 2 is 1.78 bits per heavy atom. The molecule has 0 saturated heterocycles. The number of hydrogen-bond acceptors (Lipinski definition) is 4. The molecule has 8 heteroatoms. The lowest BCUT2D eigenvalue weighted by molar-refractivity contribution is -0.121. The van der Waals surface area contributed by atoms with Crippen LogP contribution in [-0.2, 0) is 27.7 Å². The molecule has 1 amide bonds. The molecule has 0 saturated carbocycles. The average molecular weight is 339 g/mol. The van der Waals surface area contributed by atoms with Gasteiger partial charge in [-0.3, -0.25) is 13.9 Å². The molecule has 126 valence electrons. The minimum Gasteiger partial charge on any atom is -0.354 e. The molecular formula is C15H21N3O4S. The van der Waals surface area contributed by atoms with Crippen molar-refractivity contribution in [1.29, 1.82) is 0 Å². The van der Waals surface area contributed by atoms with E-state index in [-0.39, 0.29) is 30.4 Å². The van der Waals surface area contributed by atoms with Gasteiger partial charge in [-0.25, -0.2) is 13.2 Å². The summed E-state index contributed by atoms with van der Waals surface area (Å²) >= 11 is 0. The topological polar surface area (TPSA) is 90.2 Å². The van der Waals surface area contributed by atoms with Crippen LogP contribution in [0, 0.1) is 0 Å². The summed E-state index contributed by atoms with van der Waals surface area (Å²) in [5.41, 5.74) is 1.26. The SMILES string of the molecule is CCCn1c(=O)n(CC(=O)NCCS(C)(=O)=O)c2ccccc21. The summed E-state index contributed by atoms with van der Waals surface area (Å²) in [6.45, 7) is 2.48. The third-order valence-corrected chi connectivity index (χ3v) is 4.41. The molecule has 0 aliphatic carbocycles. The van der Waals surface area contributed by atoms with Crippen LogP contribution in [0.3, 0.4) is 0 Å². The molecule has 0 fully saturated rings. The number of aryl methyl sites for hydroxylation is 1. The summed E-state index contributed by atoms with van der Waals surface area (Å²) < 4.78 is 25.2. The van der Waals surface area contributed by atoms with Crippen molar-refractivity contribution >= 4 is 26.8 Å². The lowest BCUT2D eigenvalue weighted by Crippen LogP contribution is -2.35. The van der Waals surface area contributed by atoms with Gasteiger partial charge in [0.2, 0.25) is 5.91 Å². The summed E-state index contributed by atoms with van der Waals surface area (Å²) in [4.78, 5) is 24.5. The van der Waals surface area contributed by atoms with Crippen LogP contribution in [0.25, 0.3) is 11.0 Å². The molecule has 0 radical (unpaired) electrons. The van der Waals surface area contributed by atoms with Crippen LogP contribution in [0.15, 0.2) is 29.1 Å². The number of nitrogens with zero attached hydrogens (tertiary/aromatic N) is 2. The van der Waals surface area contributed by atoms with Crippen LogP contribution in [0.2, 0.25) is 0 Å². The number of aromatic nitrogens is 2. The monoisotopic (exact) mass is 339 g/mol. The van der Waals surface area contributed by atoms with Gasteiger partial charge in [0, 0.05) is 19.3 Å². The fourth-order valence-corrected chi connectivity index (χ4v) is 2.91. The van der Waals surface area contributed by atoms with Crippen LogP contribution in [0.5, 0.6) is 0 Å². The Balaban J connectivity index is 2.21. The van der Waals surface area contributed by atoms with Crippen molar-refractivity contribution < 1.29 is 13.2 Å². The highest BCUT2D eigenvalue weighted by Crippen LogP contribution is 2.12. The van der Waals surface area contributed by atoms with Gasteiger partial charge in [-0.1, -0.05) is 19.1 Å². The maximum absolute atomic E-state index is 12.5. The van der Waals surface area contributed by atoms with Gasteiger partial charge in [0.1, 0.15) is 16.4 Å². The number of imidazole rings is 1. The maximum atomic E-state index is 12.5. The molecule has 2 rings (SSSR count). The molecule has 1 aromatic heterocycles. The van der Waals surface area contributed by atoms with E-state index in [1.54, 1.807) is 10.6 Å². The Morgan fingerprint density at radius 3 is 2.35 bits per heavy atom. The number of amides is 1. The fraction of sp³-hybridized carbons (Fsp3) is 0.467. The van der Waals surface area contributed by atoms with Crippen LogP contribution in [0.4, 0.5) is 0 Å². The number of rotatable bonds is 7. The number of fused-ring (bicyclic) bond motifs is 1. The lowest BCUT2D eigenvalue weighted by Gasteiger charge is -2.05. The van der Waals surface area contributed by atoms with E-state index in [4.69, 9.17) is 0 Å². The quantitative estimate of drug-likeness (QED) is 0.789. The van der Waals surface area contributed by atoms with E-state index in [1.807, 2.05) is 25.1 Å². The van der Waals surface area contributed by atoms with E-state index in [0.29, 0.717) is 12.1 Å². The lowest BCUT2D eigenvalue weighted by atomic mass is 10.3. The van der Waals surface area contributed by atoms with Crippen molar-refractivity contribution in [2.75, 3.05) is 18.6 Å². The second kappa shape index (κ2) is 6.99. The Morgan fingerprint density at radius 1 is 1.17 bits per heavy atom. The largest absolute Gasteiger partial charge is 0.354 e. The standard InChI is InChI=1S/C15H21N3O4S/c1-3-9-17-12-6-4-5-7-13(12)18(15(17)20)11-14(19)16-8-10-23(2,21)22/h4-7H,3,8-11H2,1-2H3,(H,16,19). The molecule has 23 heavy (non-hydrogen) atoms. The highest BCUT2D eigenvalue weighted by molar-refractivity contribution is 7.90. The number of hydrogen-bond donors (Lipinski definition) is 1. The summed E-state index contributed by atoms with van der Waals surface area (Å²) in [7, 11) is -3.13. The average Bonchev–Trinajstić information content (AvgIpc) is 2.72. The first-order valence-corrected chi connectivity index (χ1v) is 9.52. The molecule has 0 bridgehead atoms. The van der Waals surface area contributed by atoms with E-state index < -0.39 is 9.84 Å². The molecule has 0 spiro atoms. The first-order valence-electron chi connectivity index (χ1n) is 7.46. The maximum Gasteiger partial charge on any atom is 0.329 e. The zero-order chi connectivity index (χ0) is 17.0. The normalized spacial score (nSPS) is 11.7. The molecule has 0 atom stereocenters. The summed E-state index contributed by atoms with van der Waals surface area (Å²) in [6.07, 6.45) is 1.93. The van der Waals surface area contributed by atoms with Crippen molar-refractivity contribution in [2.45, 2.75) is 26.4 Å². The number of nitrogens with one attached hydrogen (secondary N) is 1. The van der Waals surface area contributed by atoms with Crippen LogP contribution < -0.4 is 11.0 Å². The molecule has 1 N–H and O–H groups in total. The Labute approximate surface area is 134 Å². The van der Waals surface area contributed by atoms with E-state index in [1.165, 1.54) is 4.57 Å². The van der Waals surface area contributed by atoms with Crippen molar-refractivity contribution in [3.63, 3.8) is 0 Å². The Kier molecular flexibility index (Phi) is 5.25. The van der Waals surface area contributed by atoms with E-state index >= 15 is 0 Å². The third-order valence-electron chi connectivity index (χ3n) is 3.47.